The maximum absolute atomic E-state index is 9.17. The number of hydrogen-bond acceptors (Lipinski definition) is 4. The Bertz CT molecular complexity index is 595. The van der Waals surface area contributed by atoms with Crippen molar-refractivity contribution in [2.45, 2.75) is 6.61 Å². The molecule has 0 bridgehead atoms. The topological polar surface area (TPSA) is 39.6 Å². The highest BCUT2D eigenvalue weighted by Crippen LogP contribution is 2.22. The Labute approximate surface area is 129 Å². The van der Waals surface area contributed by atoms with Crippen LogP contribution in [0, 0.1) is 0 Å². The molecule has 2 aromatic rings. The predicted octanol–water partition coefficient (Wildman–Crippen LogP) is 2.55. The SMILES string of the molecule is OCc1cc(N2CCN(c3ccc(Cl)cc3)CC2)ccn1. The normalized spacial score (nSPS) is 15.3. The van der Waals surface area contributed by atoms with Gasteiger partial charge < -0.3 is 14.9 Å². The summed E-state index contributed by atoms with van der Waals surface area (Å²) in [6.45, 7) is 3.84. The van der Waals surface area contributed by atoms with Gasteiger partial charge in [-0.3, -0.25) is 4.98 Å². The average molecular weight is 304 g/mol. The lowest BCUT2D eigenvalue weighted by Gasteiger charge is -2.37. The third kappa shape index (κ3) is 3.28. The van der Waals surface area contributed by atoms with E-state index in [0.717, 1.165) is 36.9 Å². The van der Waals surface area contributed by atoms with Gasteiger partial charge >= 0.3 is 0 Å². The Morgan fingerprint density at radius 3 is 2.19 bits per heavy atom. The van der Waals surface area contributed by atoms with Crippen LogP contribution in [0.15, 0.2) is 42.6 Å². The molecule has 1 saturated heterocycles. The van der Waals surface area contributed by atoms with Crippen molar-refractivity contribution in [2.24, 2.45) is 0 Å². The van der Waals surface area contributed by atoms with Crippen LogP contribution in [0.3, 0.4) is 0 Å². The molecule has 0 saturated carbocycles. The Morgan fingerprint density at radius 1 is 0.952 bits per heavy atom. The molecule has 0 atom stereocenters. The summed E-state index contributed by atoms with van der Waals surface area (Å²) in [6, 6.07) is 11.9. The van der Waals surface area contributed by atoms with E-state index in [2.05, 4.69) is 26.9 Å². The van der Waals surface area contributed by atoms with Gasteiger partial charge in [-0.05, 0) is 36.4 Å². The minimum absolute atomic E-state index is 0.0153. The Kier molecular flexibility index (Phi) is 4.27. The zero-order valence-electron chi connectivity index (χ0n) is 11.7. The van der Waals surface area contributed by atoms with Crippen molar-refractivity contribution in [1.82, 2.24) is 4.98 Å². The largest absolute Gasteiger partial charge is 0.390 e. The highest BCUT2D eigenvalue weighted by molar-refractivity contribution is 6.30. The summed E-state index contributed by atoms with van der Waals surface area (Å²) in [5.41, 5.74) is 3.06. The summed E-state index contributed by atoms with van der Waals surface area (Å²) in [7, 11) is 0. The summed E-state index contributed by atoms with van der Waals surface area (Å²) < 4.78 is 0. The second-order valence-corrected chi connectivity index (χ2v) is 5.55. The first-order valence-electron chi connectivity index (χ1n) is 7.07. The van der Waals surface area contributed by atoms with Crippen LogP contribution >= 0.6 is 11.6 Å². The van der Waals surface area contributed by atoms with Crippen LogP contribution in [0.2, 0.25) is 5.02 Å². The average Bonchev–Trinajstić information content (AvgIpc) is 2.56. The smallest absolute Gasteiger partial charge is 0.0853 e. The number of anilines is 2. The van der Waals surface area contributed by atoms with Crippen molar-refractivity contribution < 1.29 is 5.11 Å². The van der Waals surface area contributed by atoms with Gasteiger partial charge in [0, 0.05) is 48.8 Å². The van der Waals surface area contributed by atoms with Crippen LogP contribution < -0.4 is 9.80 Å². The molecule has 1 N–H and O–H groups in total. The number of aromatic nitrogens is 1. The Hall–Kier alpha value is -1.78. The van der Waals surface area contributed by atoms with E-state index in [1.807, 2.05) is 24.3 Å². The maximum atomic E-state index is 9.17. The van der Waals surface area contributed by atoms with Crippen LogP contribution in [0.1, 0.15) is 5.69 Å². The molecular formula is C16H18ClN3O. The minimum Gasteiger partial charge on any atom is -0.390 e. The number of aliphatic hydroxyl groups is 1. The van der Waals surface area contributed by atoms with Gasteiger partial charge in [0.25, 0.3) is 0 Å². The molecule has 0 spiro atoms. The summed E-state index contributed by atoms with van der Waals surface area (Å²) in [5, 5.41) is 9.94. The van der Waals surface area contributed by atoms with Crippen molar-refractivity contribution in [3.63, 3.8) is 0 Å². The lowest BCUT2D eigenvalue weighted by molar-refractivity contribution is 0.277. The maximum Gasteiger partial charge on any atom is 0.0853 e. The number of halogens is 1. The van der Waals surface area contributed by atoms with Crippen LogP contribution in [0.4, 0.5) is 11.4 Å². The Balaban J connectivity index is 1.65. The second kappa shape index (κ2) is 6.33. The molecule has 0 radical (unpaired) electrons. The van der Waals surface area contributed by atoms with Gasteiger partial charge in [0.2, 0.25) is 0 Å². The fourth-order valence-corrected chi connectivity index (χ4v) is 2.75. The van der Waals surface area contributed by atoms with E-state index < -0.39 is 0 Å². The van der Waals surface area contributed by atoms with Gasteiger partial charge in [0.05, 0.1) is 12.3 Å². The molecule has 4 nitrogen and oxygen atoms in total. The molecule has 110 valence electrons. The van der Waals surface area contributed by atoms with E-state index in [1.54, 1.807) is 6.20 Å². The number of hydrogen-bond donors (Lipinski definition) is 1. The second-order valence-electron chi connectivity index (χ2n) is 5.11. The molecule has 1 aromatic heterocycles. The summed E-state index contributed by atoms with van der Waals surface area (Å²) >= 11 is 5.93. The monoisotopic (exact) mass is 303 g/mol. The molecule has 0 unspecified atom stereocenters. The van der Waals surface area contributed by atoms with Gasteiger partial charge in [-0.2, -0.15) is 0 Å². The lowest BCUT2D eigenvalue weighted by Crippen LogP contribution is -2.46. The number of benzene rings is 1. The number of piperazine rings is 1. The first-order valence-corrected chi connectivity index (χ1v) is 7.45. The van der Waals surface area contributed by atoms with Gasteiger partial charge in [-0.15, -0.1) is 0 Å². The summed E-state index contributed by atoms with van der Waals surface area (Å²) in [6.07, 6.45) is 1.76. The minimum atomic E-state index is -0.0153. The first-order chi connectivity index (χ1) is 10.3. The van der Waals surface area contributed by atoms with Crippen molar-refractivity contribution in [2.75, 3.05) is 36.0 Å². The van der Waals surface area contributed by atoms with Gasteiger partial charge in [-0.1, -0.05) is 11.6 Å². The van der Waals surface area contributed by atoms with E-state index in [9.17, 15) is 5.11 Å². The highest BCUT2D eigenvalue weighted by atomic mass is 35.5. The Morgan fingerprint density at radius 2 is 1.57 bits per heavy atom. The van der Waals surface area contributed by atoms with E-state index >= 15 is 0 Å². The van der Waals surface area contributed by atoms with Crippen LogP contribution in [-0.2, 0) is 6.61 Å². The van der Waals surface area contributed by atoms with E-state index in [-0.39, 0.29) is 6.61 Å². The fraction of sp³-hybridized carbons (Fsp3) is 0.312. The van der Waals surface area contributed by atoms with Crippen molar-refractivity contribution in [1.29, 1.82) is 0 Å². The van der Waals surface area contributed by atoms with Crippen LogP contribution in [0.25, 0.3) is 0 Å². The van der Waals surface area contributed by atoms with Crippen LogP contribution in [-0.4, -0.2) is 36.3 Å². The highest BCUT2D eigenvalue weighted by Gasteiger charge is 2.17. The van der Waals surface area contributed by atoms with Gasteiger partial charge in [-0.25, -0.2) is 0 Å². The van der Waals surface area contributed by atoms with Gasteiger partial charge in [0.1, 0.15) is 0 Å². The van der Waals surface area contributed by atoms with E-state index in [4.69, 9.17) is 11.6 Å². The lowest BCUT2D eigenvalue weighted by atomic mass is 10.2. The van der Waals surface area contributed by atoms with Crippen LogP contribution in [0.5, 0.6) is 0 Å². The standard InChI is InChI=1S/C16H18ClN3O/c17-13-1-3-15(4-2-13)19-7-9-20(10-8-19)16-5-6-18-14(11-16)12-21/h1-6,11,21H,7-10,12H2. The third-order valence-corrected chi connectivity index (χ3v) is 4.05. The predicted molar refractivity (Wildman–Crippen MR) is 86.0 cm³/mol. The number of pyridine rings is 1. The van der Waals surface area contributed by atoms with E-state index in [0.29, 0.717) is 5.69 Å². The van der Waals surface area contributed by atoms with Gasteiger partial charge in [0.15, 0.2) is 0 Å². The molecule has 1 aliphatic heterocycles. The molecule has 5 heteroatoms. The molecular weight excluding hydrogens is 286 g/mol. The molecule has 1 aromatic carbocycles. The molecule has 1 fully saturated rings. The number of rotatable bonds is 3. The molecule has 0 amide bonds. The molecule has 21 heavy (non-hydrogen) atoms. The van der Waals surface area contributed by atoms with E-state index in [1.165, 1.54) is 5.69 Å². The zero-order chi connectivity index (χ0) is 14.7. The number of nitrogens with zero attached hydrogens (tertiary/aromatic N) is 3. The fourth-order valence-electron chi connectivity index (χ4n) is 2.62. The molecule has 2 heterocycles. The molecule has 3 rings (SSSR count). The molecule has 1 aliphatic rings. The number of aliphatic hydroxyl groups excluding tert-OH is 1. The van der Waals surface area contributed by atoms with Crippen molar-refractivity contribution in [3.8, 4) is 0 Å². The van der Waals surface area contributed by atoms with Crippen molar-refractivity contribution >= 4 is 23.0 Å². The summed E-state index contributed by atoms with van der Waals surface area (Å²) in [4.78, 5) is 8.81. The van der Waals surface area contributed by atoms with Crippen molar-refractivity contribution in [3.05, 3.63) is 53.3 Å². The summed E-state index contributed by atoms with van der Waals surface area (Å²) in [5.74, 6) is 0. The quantitative estimate of drug-likeness (QED) is 0.946. The molecule has 0 aliphatic carbocycles. The first kappa shape index (κ1) is 14.2. The third-order valence-electron chi connectivity index (χ3n) is 3.80. The zero-order valence-corrected chi connectivity index (χ0v) is 12.5.